The first-order valence-electron chi connectivity index (χ1n) is 7.62. The van der Waals surface area contributed by atoms with Gasteiger partial charge >= 0.3 is 0 Å². The largest absolute Gasteiger partial charge is 0.309 e. The summed E-state index contributed by atoms with van der Waals surface area (Å²) in [4.78, 5) is 5.43. The molecule has 0 spiro atoms. The van der Waals surface area contributed by atoms with Crippen LogP contribution in [0.2, 0.25) is 0 Å². The Hall–Kier alpha value is -0.120. The Morgan fingerprint density at radius 3 is 1.53 bits per heavy atom. The lowest BCUT2D eigenvalue weighted by atomic mass is 10.2. The van der Waals surface area contributed by atoms with Crippen LogP contribution in [0.1, 0.15) is 38.5 Å². The second kappa shape index (κ2) is 4.22. The average Bonchev–Trinajstić information content (AvgIpc) is 3.27. The quantitative estimate of drug-likeness (QED) is 0.786. The van der Waals surface area contributed by atoms with Gasteiger partial charge in [0.1, 0.15) is 0 Å². The van der Waals surface area contributed by atoms with E-state index in [4.69, 9.17) is 0 Å². The van der Waals surface area contributed by atoms with Crippen molar-refractivity contribution in [3.05, 3.63) is 0 Å². The van der Waals surface area contributed by atoms with Gasteiger partial charge in [0.2, 0.25) is 0 Å². The molecule has 4 aliphatic rings. The predicted molar refractivity (Wildman–Crippen MR) is 69.1 cm³/mol. The topological polar surface area (TPSA) is 18.5 Å². The van der Waals surface area contributed by atoms with E-state index in [1.165, 1.54) is 64.7 Å². The molecule has 96 valence electrons. The van der Waals surface area contributed by atoms with Gasteiger partial charge in [0.05, 0.1) is 0 Å². The SMILES string of the molecule is C1CN(C2CC2)CC1NC1CCN(C2CC2)C1. The maximum absolute atomic E-state index is 3.92. The van der Waals surface area contributed by atoms with Crippen LogP contribution in [0.5, 0.6) is 0 Å². The molecule has 0 amide bonds. The molecular weight excluding hydrogens is 210 g/mol. The Morgan fingerprint density at radius 1 is 0.647 bits per heavy atom. The van der Waals surface area contributed by atoms with Crippen LogP contribution in [-0.2, 0) is 0 Å². The van der Waals surface area contributed by atoms with Crippen molar-refractivity contribution in [2.24, 2.45) is 0 Å². The molecule has 0 bridgehead atoms. The maximum atomic E-state index is 3.92. The van der Waals surface area contributed by atoms with E-state index < -0.39 is 0 Å². The molecule has 0 aromatic heterocycles. The van der Waals surface area contributed by atoms with Gasteiger partial charge in [0.25, 0.3) is 0 Å². The summed E-state index contributed by atoms with van der Waals surface area (Å²) < 4.78 is 0. The van der Waals surface area contributed by atoms with Gasteiger partial charge in [0, 0.05) is 50.3 Å². The molecule has 2 aliphatic carbocycles. The van der Waals surface area contributed by atoms with Crippen LogP contribution in [0.3, 0.4) is 0 Å². The van der Waals surface area contributed by atoms with E-state index in [0.717, 1.165) is 24.2 Å². The van der Waals surface area contributed by atoms with E-state index in [1.807, 2.05) is 0 Å². The van der Waals surface area contributed by atoms with Crippen LogP contribution in [0.4, 0.5) is 0 Å². The van der Waals surface area contributed by atoms with Crippen LogP contribution >= 0.6 is 0 Å². The lowest BCUT2D eigenvalue weighted by molar-refractivity contribution is 0.299. The molecule has 2 atom stereocenters. The Morgan fingerprint density at radius 2 is 1.12 bits per heavy atom. The zero-order valence-electron chi connectivity index (χ0n) is 10.8. The summed E-state index contributed by atoms with van der Waals surface area (Å²) in [6.07, 6.45) is 8.63. The normalized spacial score (nSPS) is 40.2. The lowest BCUT2D eigenvalue weighted by Crippen LogP contribution is -2.42. The molecule has 17 heavy (non-hydrogen) atoms. The van der Waals surface area contributed by atoms with E-state index in [9.17, 15) is 0 Å². The molecule has 0 radical (unpaired) electrons. The van der Waals surface area contributed by atoms with Gasteiger partial charge in [-0.15, -0.1) is 0 Å². The van der Waals surface area contributed by atoms with Crippen LogP contribution < -0.4 is 5.32 Å². The third kappa shape index (κ3) is 2.38. The highest BCUT2D eigenvalue weighted by Crippen LogP contribution is 2.31. The average molecular weight is 235 g/mol. The molecule has 4 rings (SSSR count). The van der Waals surface area contributed by atoms with Crippen LogP contribution in [0, 0.1) is 0 Å². The summed E-state index contributed by atoms with van der Waals surface area (Å²) in [5.74, 6) is 0. The van der Waals surface area contributed by atoms with Gasteiger partial charge in [-0.1, -0.05) is 0 Å². The zero-order valence-corrected chi connectivity index (χ0v) is 10.8. The van der Waals surface area contributed by atoms with Gasteiger partial charge in [0.15, 0.2) is 0 Å². The summed E-state index contributed by atoms with van der Waals surface area (Å²) in [6, 6.07) is 3.51. The number of nitrogens with one attached hydrogen (secondary N) is 1. The molecule has 2 unspecified atom stereocenters. The molecule has 0 aromatic rings. The highest BCUT2D eigenvalue weighted by atomic mass is 15.3. The second-order valence-corrected chi connectivity index (χ2v) is 6.59. The fourth-order valence-corrected chi connectivity index (χ4v) is 3.72. The maximum Gasteiger partial charge on any atom is 0.0210 e. The number of likely N-dealkylation sites (tertiary alicyclic amines) is 2. The fourth-order valence-electron chi connectivity index (χ4n) is 3.72. The highest BCUT2D eigenvalue weighted by molar-refractivity contribution is 4.96. The summed E-state index contributed by atoms with van der Waals surface area (Å²) in [6.45, 7) is 5.35. The minimum absolute atomic E-state index is 0.791. The predicted octanol–water partition coefficient (Wildman–Crippen LogP) is 1.05. The summed E-state index contributed by atoms with van der Waals surface area (Å²) >= 11 is 0. The van der Waals surface area contributed by atoms with Crippen molar-refractivity contribution in [3.8, 4) is 0 Å². The number of hydrogen-bond acceptors (Lipinski definition) is 3. The van der Waals surface area contributed by atoms with Gasteiger partial charge < -0.3 is 5.32 Å². The summed E-state index contributed by atoms with van der Waals surface area (Å²) in [5.41, 5.74) is 0. The Balaban J connectivity index is 1.24. The first-order chi connectivity index (χ1) is 8.38. The van der Waals surface area contributed by atoms with E-state index in [1.54, 1.807) is 0 Å². The summed E-state index contributed by atoms with van der Waals surface area (Å²) in [7, 11) is 0. The van der Waals surface area contributed by atoms with Gasteiger partial charge in [-0.05, 0) is 38.5 Å². The van der Waals surface area contributed by atoms with Crippen molar-refractivity contribution in [2.45, 2.75) is 62.7 Å². The van der Waals surface area contributed by atoms with E-state index in [0.29, 0.717) is 0 Å². The van der Waals surface area contributed by atoms with Gasteiger partial charge in [-0.25, -0.2) is 0 Å². The molecular formula is C14H25N3. The number of rotatable bonds is 4. The molecule has 2 heterocycles. The minimum Gasteiger partial charge on any atom is -0.309 e. The first kappa shape index (κ1) is 10.8. The van der Waals surface area contributed by atoms with E-state index >= 15 is 0 Å². The summed E-state index contributed by atoms with van der Waals surface area (Å²) in [5, 5.41) is 3.92. The molecule has 4 fully saturated rings. The molecule has 2 aliphatic heterocycles. The van der Waals surface area contributed by atoms with Gasteiger partial charge in [-0.2, -0.15) is 0 Å². The zero-order chi connectivity index (χ0) is 11.2. The van der Waals surface area contributed by atoms with Crippen molar-refractivity contribution >= 4 is 0 Å². The van der Waals surface area contributed by atoms with Crippen molar-refractivity contribution in [1.82, 2.24) is 15.1 Å². The van der Waals surface area contributed by atoms with E-state index in [-0.39, 0.29) is 0 Å². The highest BCUT2D eigenvalue weighted by Gasteiger charge is 2.37. The standard InChI is InChI=1S/C14H25N3/c1-2-13(1)16-7-5-11(9-16)15-12-6-8-17(10-12)14-3-4-14/h11-15H,1-10H2. The van der Waals surface area contributed by atoms with Crippen LogP contribution in [0.25, 0.3) is 0 Å². The molecule has 2 saturated carbocycles. The Labute approximate surface area is 105 Å². The molecule has 3 heteroatoms. The first-order valence-corrected chi connectivity index (χ1v) is 7.62. The molecule has 2 saturated heterocycles. The van der Waals surface area contributed by atoms with Gasteiger partial charge in [-0.3, -0.25) is 9.80 Å². The second-order valence-electron chi connectivity index (χ2n) is 6.59. The Bertz CT molecular complexity index is 257. The lowest BCUT2D eigenvalue weighted by Gasteiger charge is -2.20. The fraction of sp³-hybridized carbons (Fsp3) is 1.00. The third-order valence-electron chi connectivity index (χ3n) is 5.04. The van der Waals surface area contributed by atoms with Crippen molar-refractivity contribution in [3.63, 3.8) is 0 Å². The number of hydrogen-bond donors (Lipinski definition) is 1. The molecule has 1 N–H and O–H groups in total. The van der Waals surface area contributed by atoms with Crippen molar-refractivity contribution < 1.29 is 0 Å². The van der Waals surface area contributed by atoms with Crippen LogP contribution in [0.15, 0.2) is 0 Å². The smallest absolute Gasteiger partial charge is 0.0210 e. The third-order valence-corrected chi connectivity index (χ3v) is 5.04. The van der Waals surface area contributed by atoms with Crippen LogP contribution in [-0.4, -0.2) is 60.1 Å². The molecule has 3 nitrogen and oxygen atoms in total. The van der Waals surface area contributed by atoms with Crippen molar-refractivity contribution in [2.75, 3.05) is 26.2 Å². The Kier molecular flexibility index (Phi) is 2.67. The van der Waals surface area contributed by atoms with E-state index in [2.05, 4.69) is 15.1 Å². The minimum atomic E-state index is 0.791. The molecule has 0 aromatic carbocycles. The monoisotopic (exact) mass is 235 g/mol. The number of nitrogens with zero attached hydrogens (tertiary/aromatic N) is 2. The van der Waals surface area contributed by atoms with Crippen molar-refractivity contribution in [1.29, 1.82) is 0 Å².